The third-order valence-corrected chi connectivity index (χ3v) is 4.47. The molecule has 30 heavy (non-hydrogen) atoms. The molecule has 0 bridgehead atoms. The lowest BCUT2D eigenvalue weighted by Gasteiger charge is -2.17. The van der Waals surface area contributed by atoms with E-state index in [1.54, 1.807) is 0 Å². The van der Waals surface area contributed by atoms with E-state index < -0.39 is 5.78 Å². The average Bonchev–Trinajstić information content (AvgIpc) is 2.78. The number of phenolic OH excluding ortho intramolecular Hbond substituents is 1. The number of Topliss-reactive ketones (excluding diaryl/α,β-unsaturated/α-hetero) is 1. The number of carbonyl (C=O) groups excluding carboxylic acids is 1. The van der Waals surface area contributed by atoms with Gasteiger partial charge in [0.05, 0.1) is 20.8 Å². The van der Waals surface area contributed by atoms with Crippen molar-refractivity contribution in [3.63, 3.8) is 0 Å². The number of methoxy groups -OCH3 is 2. The zero-order chi connectivity index (χ0) is 21.3. The van der Waals surface area contributed by atoms with Crippen LogP contribution < -0.4 is 14.2 Å². The van der Waals surface area contributed by atoms with Gasteiger partial charge in [0.2, 0.25) is 5.75 Å². The quantitative estimate of drug-likeness (QED) is 0.502. The van der Waals surface area contributed by atoms with Crippen molar-refractivity contribution in [2.45, 2.75) is 13.2 Å². The van der Waals surface area contributed by atoms with Crippen LogP contribution in [-0.4, -0.2) is 31.7 Å². The van der Waals surface area contributed by atoms with Crippen LogP contribution in [0.3, 0.4) is 0 Å². The summed E-state index contributed by atoms with van der Waals surface area (Å²) in [6, 6.07) is 20.6. The number of hydrogen-bond donors (Lipinski definition) is 1. The lowest BCUT2D eigenvalue weighted by molar-refractivity contribution is 0.0720. The van der Waals surface area contributed by atoms with E-state index in [1.807, 2.05) is 60.7 Å². The Morgan fingerprint density at radius 3 is 2.00 bits per heavy atom. The first kappa shape index (κ1) is 21.2. The fourth-order valence-corrected chi connectivity index (χ4v) is 2.98. The Balaban J connectivity index is 1.77. The highest BCUT2D eigenvalue weighted by atomic mass is 16.5. The van der Waals surface area contributed by atoms with Crippen molar-refractivity contribution in [1.82, 2.24) is 0 Å². The molecule has 0 spiro atoms. The van der Waals surface area contributed by atoms with Gasteiger partial charge in [0.1, 0.15) is 24.5 Å². The second-order valence-corrected chi connectivity index (χ2v) is 6.51. The maximum Gasteiger partial charge on any atom is 0.204 e. The molecule has 0 aromatic heterocycles. The topological polar surface area (TPSA) is 74.2 Å². The van der Waals surface area contributed by atoms with Gasteiger partial charge in [-0.25, -0.2) is 0 Å². The van der Waals surface area contributed by atoms with Crippen LogP contribution in [0.4, 0.5) is 0 Å². The van der Waals surface area contributed by atoms with E-state index in [4.69, 9.17) is 18.9 Å². The molecule has 3 aromatic rings. The predicted molar refractivity (Wildman–Crippen MR) is 112 cm³/mol. The number of rotatable bonds is 10. The van der Waals surface area contributed by atoms with E-state index in [2.05, 4.69) is 0 Å². The van der Waals surface area contributed by atoms with Gasteiger partial charge in [-0.3, -0.25) is 4.79 Å². The fourth-order valence-electron chi connectivity index (χ4n) is 2.98. The fraction of sp³-hybridized carbons (Fsp3) is 0.208. The minimum atomic E-state index is -0.423. The smallest absolute Gasteiger partial charge is 0.204 e. The molecule has 0 amide bonds. The lowest BCUT2D eigenvalue weighted by Crippen LogP contribution is -2.12. The van der Waals surface area contributed by atoms with E-state index in [0.717, 1.165) is 11.1 Å². The van der Waals surface area contributed by atoms with Crippen LogP contribution in [0.15, 0.2) is 66.7 Å². The number of benzene rings is 3. The number of carbonyl (C=O) groups is 1. The largest absolute Gasteiger partial charge is 0.504 e. The Morgan fingerprint density at radius 1 is 0.833 bits per heavy atom. The molecule has 6 heteroatoms. The highest BCUT2D eigenvalue weighted by Gasteiger charge is 2.25. The van der Waals surface area contributed by atoms with E-state index in [-0.39, 0.29) is 48.4 Å². The molecule has 0 unspecified atom stereocenters. The molecule has 0 saturated carbocycles. The molecular formula is C24H24O6. The van der Waals surface area contributed by atoms with Gasteiger partial charge in [0.15, 0.2) is 17.3 Å². The summed E-state index contributed by atoms with van der Waals surface area (Å²) in [5, 5.41) is 10.7. The molecule has 0 aliphatic heterocycles. The van der Waals surface area contributed by atoms with Crippen LogP contribution in [0.5, 0.6) is 23.0 Å². The number of hydrogen-bond acceptors (Lipinski definition) is 6. The molecule has 0 atom stereocenters. The van der Waals surface area contributed by atoms with Crippen molar-refractivity contribution in [1.29, 1.82) is 0 Å². The second-order valence-electron chi connectivity index (χ2n) is 6.51. The molecular weight excluding hydrogens is 384 g/mol. The summed E-state index contributed by atoms with van der Waals surface area (Å²) >= 11 is 0. The summed E-state index contributed by atoms with van der Waals surface area (Å²) in [7, 11) is 2.82. The summed E-state index contributed by atoms with van der Waals surface area (Å²) in [6.07, 6.45) is 0. The van der Waals surface area contributed by atoms with Crippen molar-refractivity contribution < 1.29 is 28.8 Å². The summed E-state index contributed by atoms with van der Waals surface area (Å²) in [5.41, 5.74) is 1.89. The van der Waals surface area contributed by atoms with Gasteiger partial charge in [-0.1, -0.05) is 60.7 Å². The van der Waals surface area contributed by atoms with Gasteiger partial charge in [-0.05, 0) is 11.1 Å². The zero-order valence-corrected chi connectivity index (χ0v) is 17.0. The predicted octanol–water partition coefficient (Wildman–Crippen LogP) is 4.39. The van der Waals surface area contributed by atoms with E-state index in [1.165, 1.54) is 20.3 Å². The van der Waals surface area contributed by atoms with Gasteiger partial charge in [0.25, 0.3) is 0 Å². The Labute approximate surface area is 175 Å². The molecule has 3 rings (SSSR count). The number of aromatic hydroxyl groups is 1. The highest BCUT2D eigenvalue weighted by molar-refractivity contribution is 6.03. The number of ether oxygens (including phenoxy) is 4. The molecule has 0 saturated heterocycles. The average molecular weight is 408 g/mol. The molecule has 0 radical (unpaired) electrons. The van der Waals surface area contributed by atoms with Crippen LogP contribution in [0.1, 0.15) is 21.5 Å². The molecule has 1 N–H and O–H groups in total. The lowest BCUT2D eigenvalue weighted by atomic mass is 10.1. The first-order valence-corrected chi connectivity index (χ1v) is 9.43. The van der Waals surface area contributed by atoms with Gasteiger partial charge in [0, 0.05) is 6.07 Å². The molecule has 6 nitrogen and oxygen atoms in total. The minimum Gasteiger partial charge on any atom is -0.504 e. The summed E-state index contributed by atoms with van der Waals surface area (Å²) in [5.74, 6) is -0.235. The third-order valence-electron chi connectivity index (χ3n) is 4.47. The third kappa shape index (κ3) is 5.10. The number of phenols is 1. The van der Waals surface area contributed by atoms with Crippen molar-refractivity contribution in [2.24, 2.45) is 0 Å². The molecule has 156 valence electrons. The van der Waals surface area contributed by atoms with Crippen LogP contribution in [0.2, 0.25) is 0 Å². The zero-order valence-electron chi connectivity index (χ0n) is 17.0. The summed E-state index contributed by atoms with van der Waals surface area (Å²) in [6.45, 7) is 0.338. The van der Waals surface area contributed by atoms with E-state index in [0.29, 0.717) is 0 Å². The molecule has 0 heterocycles. The maximum absolute atomic E-state index is 12.7. The molecule has 0 aliphatic rings. The minimum absolute atomic E-state index is 0.00512. The standard InChI is InChI=1S/C24H24O6/c1-27-20-13-21(30-15-18-11-7-4-8-12-18)24(28-2)23(26)22(20)19(25)16-29-14-17-9-5-3-6-10-17/h3-13,26H,14-16H2,1-2H3. The van der Waals surface area contributed by atoms with Crippen molar-refractivity contribution in [3.05, 3.63) is 83.4 Å². The maximum atomic E-state index is 12.7. The monoisotopic (exact) mass is 408 g/mol. The van der Waals surface area contributed by atoms with E-state index in [9.17, 15) is 9.90 Å². The Hall–Kier alpha value is -3.51. The normalized spacial score (nSPS) is 10.5. The van der Waals surface area contributed by atoms with Crippen LogP contribution in [0, 0.1) is 0 Å². The van der Waals surface area contributed by atoms with Crippen molar-refractivity contribution in [3.8, 4) is 23.0 Å². The van der Waals surface area contributed by atoms with E-state index >= 15 is 0 Å². The van der Waals surface area contributed by atoms with Crippen LogP contribution in [-0.2, 0) is 18.0 Å². The number of ketones is 1. The Bertz CT molecular complexity index is 970. The first-order chi connectivity index (χ1) is 14.6. The van der Waals surface area contributed by atoms with Crippen molar-refractivity contribution >= 4 is 5.78 Å². The van der Waals surface area contributed by atoms with Gasteiger partial charge in [-0.15, -0.1) is 0 Å². The van der Waals surface area contributed by atoms with Crippen LogP contribution >= 0.6 is 0 Å². The first-order valence-electron chi connectivity index (χ1n) is 9.43. The highest BCUT2D eigenvalue weighted by Crippen LogP contribution is 2.45. The molecule has 0 fully saturated rings. The molecule has 0 aliphatic carbocycles. The summed E-state index contributed by atoms with van der Waals surface area (Å²) in [4.78, 5) is 12.7. The van der Waals surface area contributed by atoms with Gasteiger partial charge in [-0.2, -0.15) is 0 Å². The van der Waals surface area contributed by atoms with Crippen LogP contribution in [0.25, 0.3) is 0 Å². The Morgan fingerprint density at radius 2 is 1.43 bits per heavy atom. The van der Waals surface area contributed by atoms with Gasteiger partial charge < -0.3 is 24.1 Å². The SMILES string of the molecule is COc1cc(OCc2ccccc2)c(OC)c(O)c1C(=O)COCc1ccccc1. The second kappa shape index (κ2) is 10.3. The van der Waals surface area contributed by atoms with Gasteiger partial charge >= 0.3 is 0 Å². The summed E-state index contributed by atoms with van der Waals surface area (Å²) < 4.78 is 22.0. The Kier molecular flexibility index (Phi) is 7.29. The van der Waals surface area contributed by atoms with Crippen molar-refractivity contribution in [2.75, 3.05) is 20.8 Å². The molecule has 3 aromatic carbocycles.